The van der Waals surface area contributed by atoms with Crippen molar-refractivity contribution in [1.29, 1.82) is 5.26 Å². The second kappa shape index (κ2) is 11.8. The van der Waals surface area contributed by atoms with Crippen molar-refractivity contribution in [3.63, 3.8) is 0 Å². The summed E-state index contributed by atoms with van der Waals surface area (Å²) < 4.78 is 33.1. The van der Waals surface area contributed by atoms with Crippen molar-refractivity contribution in [2.75, 3.05) is 18.9 Å². The number of fused-ring (bicyclic) bond motifs is 1. The van der Waals surface area contributed by atoms with E-state index < -0.39 is 41.4 Å². The molecule has 0 saturated carbocycles. The SMILES string of the molecule is CCOC(=O)n1cc([C@H]2O[C@H](COC(c3ccccc3)(c3ccccc3)c3ccccc3)[C@H]3OC(C)(C)O[C@@]23C)c(N)c1C#N. The Morgan fingerprint density at radius 1 is 0.956 bits per heavy atom. The zero-order valence-corrected chi connectivity index (χ0v) is 25.8. The van der Waals surface area contributed by atoms with Gasteiger partial charge in [0.05, 0.1) is 18.9 Å². The van der Waals surface area contributed by atoms with Gasteiger partial charge in [0, 0.05) is 11.8 Å². The van der Waals surface area contributed by atoms with Crippen molar-refractivity contribution in [2.24, 2.45) is 0 Å². The zero-order valence-electron chi connectivity index (χ0n) is 25.8. The summed E-state index contributed by atoms with van der Waals surface area (Å²) in [5.74, 6) is -0.939. The molecule has 9 nitrogen and oxygen atoms in total. The van der Waals surface area contributed by atoms with Gasteiger partial charge in [0.2, 0.25) is 0 Å². The quantitative estimate of drug-likeness (QED) is 0.232. The van der Waals surface area contributed by atoms with E-state index in [1.807, 2.05) is 81.4 Å². The fraction of sp³-hybridized carbons (Fsp3) is 0.333. The third kappa shape index (κ3) is 5.20. The van der Waals surface area contributed by atoms with Crippen molar-refractivity contribution in [2.45, 2.75) is 63.0 Å². The summed E-state index contributed by atoms with van der Waals surface area (Å²) in [6, 6.07) is 32.3. The summed E-state index contributed by atoms with van der Waals surface area (Å²) in [6.07, 6.45) is -1.14. The van der Waals surface area contributed by atoms with Crippen LogP contribution in [0.3, 0.4) is 0 Å². The van der Waals surface area contributed by atoms with Gasteiger partial charge in [-0.05, 0) is 44.4 Å². The van der Waals surface area contributed by atoms with Crippen molar-refractivity contribution in [1.82, 2.24) is 4.57 Å². The largest absolute Gasteiger partial charge is 0.449 e. The lowest BCUT2D eigenvalue weighted by Gasteiger charge is -2.37. The molecule has 6 rings (SSSR count). The van der Waals surface area contributed by atoms with E-state index in [2.05, 4.69) is 36.4 Å². The molecule has 0 amide bonds. The molecular formula is C36H37N3O6. The Hall–Kier alpha value is -4.46. The minimum atomic E-state index is -1.02. The lowest BCUT2D eigenvalue weighted by Crippen LogP contribution is -2.42. The molecule has 45 heavy (non-hydrogen) atoms. The summed E-state index contributed by atoms with van der Waals surface area (Å²) in [7, 11) is 0. The number of nitrogens with two attached hydrogens (primary N) is 1. The molecule has 2 aliphatic heterocycles. The first-order valence-electron chi connectivity index (χ1n) is 15.1. The van der Waals surface area contributed by atoms with Crippen LogP contribution in [0.2, 0.25) is 0 Å². The Morgan fingerprint density at radius 2 is 1.49 bits per heavy atom. The van der Waals surface area contributed by atoms with Crippen LogP contribution in [0.15, 0.2) is 97.2 Å². The lowest BCUT2D eigenvalue weighted by molar-refractivity contribution is -0.210. The van der Waals surface area contributed by atoms with E-state index in [1.165, 1.54) is 6.20 Å². The maximum atomic E-state index is 12.7. The smallest absolute Gasteiger partial charge is 0.419 e. The highest BCUT2D eigenvalue weighted by Gasteiger charge is 2.64. The van der Waals surface area contributed by atoms with E-state index in [9.17, 15) is 10.1 Å². The molecule has 0 radical (unpaired) electrons. The minimum Gasteiger partial charge on any atom is -0.449 e. The van der Waals surface area contributed by atoms with Gasteiger partial charge in [0.1, 0.15) is 35.6 Å². The third-order valence-electron chi connectivity index (χ3n) is 8.54. The Labute approximate surface area is 263 Å². The van der Waals surface area contributed by atoms with Crippen LogP contribution in [-0.2, 0) is 29.3 Å². The van der Waals surface area contributed by atoms with Gasteiger partial charge in [-0.25, -0.2) is 9.36 Å². The zero-order chi connectivity index (χ0) is 31.8. The van der Waals surface area contributed by atoms with Gasteiger partial charge >= 0.3 is 6.09 Å². The van der Waals surface area contributed by atoms with Gasteiger partial charge in [-0.3, -0.25) is 0 Å². The molecule has 4 aromatic rings. The number of hydrogen-bond donors (Lipinski definition) is 1. The van der Waals surface area contributed by atoms with Crippen LogP contribution < -0.4 is 5.73 Å². The molecule has 2 saturated heterocycles. The topological polar surface area (TPSA) is 118 Å². The maximum Gasteiger partial charge on any atom is 0.419 e. The molecule has 2 aliphatic rings. The lowest BCUT2D eigenvalue weighted by atomic mass is 9.80. The standard InChI is InChI=1S/C36H37N3O6/c1-5-41-33(40)39-22-27(30(38)28(39)21-37)31-35(4)32(44-34(2,3)45-35)29(43-31)23-42-36(24-15-9-6-10-16-24,25-17-11-7-12-18-25)26-19-13-8-14-20-26/h6-20,22,29,31-32H,5,23,38H2,1-4H3/t29-,31-,32-,35+/m1/s1. The average Bonchev–Trinajstić information content (AvgIpc) is 3.61. The number of benzene rings is 3. The Morgan fingerprint density at radius 3 is 1.98 bits per heavy atom. The highest BCUT2D eigenvalue weighted by Crippen LogP contribution is 2.54. The summed E-state index contributed by atoms with van der Waals surface area (Å²) in [5.41, 5.74) is 7.91. The minimum absolute atomic E-state index is 0.0266. The number of nitrogen functional groups attached to an aromatic ring is 1. The molecule has 0 aliphatic carbocycles. The van der Waals surface area contributed by atoms with Crippen molar-refractivity contribution >= 4 is 11.8 Å². The van der Waals surface area contributed by atoms with E-state index in [-0.39, 0.29) is 24.6 Å². The summed E-state index contributed by atoms with van der Waals surface area (Å²) >= 11 is 0. The number of carbonyl (C=O) groups is 1. The molecule has 0 unspecified atom stereocenters. The van der Waals surface area contributed by atoms with Gasteiger partial charge in [-0.1, -0.05) is 91.0 Å². The van der Waals surface area contributed by atoms with Crippen molar-refractivity contribution in [3.05, 3.63) is 125 Å². The number of aromatic nitrogens is 1. The van der Waals surface area contributed by atoms with Gasteiger partial charge < -0.3 is 29.4 Å². The van der Waals surface area contributed by atoms with Crippen LogP contribution in [0.4, 0.5) is 10.5 Å². The second-order valence-corrected chi connectivity index (χ2v) is 11.9. The molecular weight excluding hydrogens is 570 g/mol. The number of nitrogens with zero attached hydrogens (tertiary/aromatic N) is 2. The van der Waals surface area contributed by atoms with Crippen molar-refractivity contribution in [3.8, 4) is 6.07 Å². The van der Waals surface area contributed by atoms with Crippen LogP contribution in [-0.4, -0.2) is 47.5 Å². The number of hydrogen-bond acceptors (Lipinski definition) is 8. The number of anilines is 1. The van der Waals surface area contributed by atoms with Crippen LogP contribution >= 0.6 is 0 Å². The normalized spacial score (nSPS) is 23.8. The van der Waals surface area contributed by atoms with Crippen LogP contribution in [0.5, 0.6) is 0 Å². The highest BCUT2D eigenvalue weighted by molar-refractivity contribution is 5.77. The highest BCUT2D eigenvalue weighted by atomic mass is 16.8. The average molecular weight is 608 g/mol. The first-order valence-corrected chi connectivity index (χ1v) is 15.1. The van der Waals surface area contributed by atoms with Gasteiger partial charge in [0.15, 0.2) is 11.5 Å². The van der Waals surface area contributed by atoms with Crippen LogP contribution in [0, 0.1) is 11.3 Å². The number of nitriles is 1. The van der Waals surface area contributed by atoms with Crippen LogP contribution in [0.1, 0.15) is 61.7 Å². The van der Waals surface area contributed by atoms with E-state index in [0.717, 1.165) is 21.3 Å². The summed E-state index contributed by atoms with van der Waals surface area (Å²) in [6.45, 7) is 7.57. The molecule has 0 spiro atoms. The number of rotatable bonds is 8. The third-order valence-corrected chi connectivity index (χ3v) is 8.54. The second-order valence-electron chi connectivity index (χ2n) is 11.9. The van der Waals surface area contributed by atoms with E-state index in [0.29, 0.717) is 5.56 Å². The molecule has 2 fully saturated rings. The fourth-order valence-electron chi connectivity index (χ4n) is 6.75. The van der Waals surface area contributed by atoms with E-state index in [1.54, 1.807) is 6.92 Å². The fourth-order valence-corrected chi connectivity index (χ4v) is 6.75. The van der Waals surface area contributed by atoms with Gasteiger partial charge in [0.25, 0.3) is 0 Å². The molecule has 1 aromatic heterocycles. The Kier molecular flexibility index (Phi) is 8.02. The summed E-state index contributed by atoms with van der Waals surface area (Å²) in [4.78, 5) is 12.7. The molecule has 232 valence electrons. The predicted octanol–water partition coefficient (Wildman–Crippen LogP) is 6.31. The number of ether oxygens (including phenoxy) is 5. The number of carbonyl (C=O) groups excluding carboxylic acids is 1. The first kappa shape index (κ1) is 30.6. The molecule has 0 bridgehead atoms. The summed E-state index contributed by atoms with van der Waals surface area (Å²) in [5, 5.41) is 9.88. The molecule has 9 heteroatoms. The van der Waals surface area contributed by atoms with Gasteiger partial charge in [-0.15, -0.1) is 0 Å². The maximum absolute atomic E-state index is 12.7. The predicted molar refractivity (Wildman–Crippen MR) is 167 cm³/mol. The molecule has 4 atom stereocenters. The van der Waals surface area contributed by atoms with Crippen LogP contribution in [0.25, 0.3) is 0 Å². The molecule has 3 aromatic carbocycles. The van der Waals surface area contributed by atoms with Gasteiger partial charge in [-0.2, -0.15) is 5.26 Å². The Balaban J connectivity index is 1.42. The molecule has 3 heterocycles. The van der Waals surface area contributed by atoms with Crippen molar-refractivity contribution < 1.29 is 28.5 Å². The van der Waals surface area contributed by atoms with E-state index in [4.69, 9.17) is 29.4 Å². The first-order chi connectivity index (χ1) is 21.6. The van der Waals surface area contributed by atoms with E-state index >= 15 is 0 Å². The Bertz CT molecular complexity index is 1600. The monoisotopic (exact) mass is 607 g/mol. The molecule has 2 N–H and O–H groups in total.